The Balaban J connectivity index is 1.79. The molecular weight excluding hydrogens is 426 g/mol. The Morgan fingerprint density at radius 2 is 1.84 bits per heavy atom. The van der Waals surface area contributed by atoms with Crippen molar-refractivity contribution in [1.29, 1.82) is 0 Å². The predicted molar refractivity (Wildman–Crippen MR) is 107 cm³/mol. The summed E-state index contributed by atoms with van der Waals surface area (Å²) < 4.78 is 36.9. The monoisotopic (exact) mass is 454 g/mol. The minimum Gasteiger partial charge on any atom is -0.458 e. The van der Waals surface area contributed by atoms with Gasteiger partial charge >= 0.3 is 5.97 Å². The van der Waals surface area contributed by atoms with Gasteiger partial charge in [-0.1, -0.05) is 13.0 Å². The van der Waals surface area contributed by atoms with Crippen molar-refractivity contribution in [3.8, 4) is 0 Å². The van der Waals surface area contributed by atoms with E-state index >= 15 is 8.78 Å². The number of rotatable bonds is 3. The smallest absolute Gasteiger partial charge is 0.303 e. The molecule has 3 saturated carbocycles. The molecular formula is C23H28F2O7. The molecule has 0 bridgehead atoms. The number of allylic oxidation sites excluding steroid dienone is 4. The van der Waals surface area contributed by atoms with Crippen molar-refractivity contribution in [2.24, 2.45) is 22.7 Å². The number of aliphatic hydroxyl groups excluding tert-OH is 2. The van der Waals surface area contributed by atoms with Gasteiger partial charge in [-0.2, -0.15) is 0 Å². The maximum Gasteiger partial charge on any atom is 0.303 e. The fourth-order valence-corrected chi connectivity index (χ4v) is 7.00. The molecule has 9 atom stereocenters. The molecule has 0 heterocycles. The van der Waals surface area contributed by atoms with E-state index in [0.717, 1.165) is 19.1 Å². The number of halogens is 2. The Labute approximate surface area is 184 Å². The van der Waals surface area contributed by atoms with Crippen molar-refractivity contribution >= 4 is 17.5 Å². The number of fused-ring (bicyclic) bond motifs is 5. The molecule has 0 aliphatic heterocycles. The van der Waals surface area contributed by atoms with Gasteiger partial charge in [-0.3, -0.25) is 14.4 Å². The standard InChI is InChI=1S/C23H28F2O7/c1-11(26)32-10-19(30)23(31)17(28)8-13-14-7-16(24)15-6-12(27)4-5-20(15,2)22(14,25)18(29)9-21(13,23)3/h4-6,13-14,16-18,28-29,31H,7-10H2,1-3H3/t13-,14-,16-,17+,18-,20-,21-,22-,23-/m0/s1. The van der Waals surface area contributed by atoms with Crippen LogP contribution < -0.4 is 0 Å². The average molecular weight is 454 g/mol. The molecule has 3 N–H and O–H groups in total. The van der Waals surface area contributed by atoms with E-state index in [2.05, 4.69) is 0 Å². The summed E-state index contributed by atoms with van der Waals surface area (Å²) in [5, 5.41) is 33.3. The fraction of sp³-hybridized carbons (Fsp3) is 0.696. The number of Topliss-reactive ketones (excluding diaryl/α,β-unsaturated/α-hetero) is 1. The van der Waals surface area contributed by atoms with Crippen LogP contribution in [0.3, 0.4) is 0 Å². The minimum atomic E-state index is -2.41. The van der Waals surface area contributed by atoms with Crippen LogP contribution in [0.15, 0.2) is 23.8 Å². The van der Waals surface area contributed by atoms with Crippen LogP contribution in [0.1, 0.15) is 40.0 Å². The van der Waals surface area contributed by atoms with Crippen molar-refractivity contribution in [2.45, 2.75) is 69.7 Å². The number of carbonyl (C=O) groups is 3. The third kappa shape index (κ3) is 2.64. The van der Waals surface area contributed by atoms with Gasteiger partial charge in [0.15, 0.2) is 23.7 Å². The summed E-state index contributed by atoms with van der Waals surface area (Å²) in [5.74, 6) is -4.15. The van der Waals surface area contributed by atoms with E-state index in [4.69, 9.17) is 4.74 Å². The van der Waals surface area contributed by atoms with Gasteiger partial charge in [0.05, 0.1) is 12.2 Å². The van der Waals surface area contributed by atoms with Crippen molar-refractivity contribution in [3.05, 3.63) is 23.8 Å². The molecule has 0 aromatic heterocycles. The van der Waals surface area contributed by atoms with E-state index in [0.29, 0.717) is 0 Å². The molecule has 9 heteroatoms. The highest BCUT2D eigenvalue weighted by atomic mass is 19.1. The van der Waals surface area contributed by atoms with Gasteiger partial charge in [-0.05, 0) is 49.8 Å². The summed E-state index contributed by atoms with van der Waals surface area (Å²) in [7, 11) is 0. The molecule has 0 aromatic carbocycles. The zero-order chi connectivity index (χ0) is 23.9. The van der Waals surface area contributed by atoms with Crippen LogP contribution in [-0.4, -0.2) is 69.1 Å². The summed E-state index contributed by atoms with van der Waals surface area (Å²) >= 11 is 0. The number of esters is 1. The number of ketones is 2. The molecule has 0 saturated heterocycles. The van der Waals surface area contributed by atoms with E-state index in [1.807, 2.05) is 0 Å². The highest BCUT2D eigenvalue weighted by molar-refractivity contribution is 6.01. The largest absolute Gasteiger partial charge is 0.458 e. The van der Waals surface area contributed by atoms with Crippen molar-refractivity contribution in [2.75, 3.05) is 6.61 Å². The number of hydrogen-bond donors (Lipinski definition) is 3. The molecule has 32 heavy (non-hydrogen) atoms. The molecule has 0 spiro atoms. The maximum absolute atomic E-state index is 16.9. The zero-order valence-corrected chi connectivity index (χ0v) is 18.2. The van der Waals surface area contributed by atoms with Crippen molar-refractivity contribution in [1.82, 2.24) is 0 Å². The van der Waals surface area contributed by atoms with Crippen LogP contribution in [0.5, 0.6) is 0 Å². The zero-order valence-electron chi connectivity index (χ0n) is 18.2. The van der Waals surface area contributed by atoms with Gasteiger partial charge in [0, 0.05) is 23.7 Å². The first kappa shape index (κ1) is 23.2. The van der Waals surface area contributed by atoms with E-state index in [1.165, 1.54) is 19.9 Å². The third-order valence-electron chi connectivity index (χ3n) is 8.68. The lowest BCUT2D eigenvalue weighted by Gasteiger charge is -2.62. The number of hydrogen-bond acceptors (Lipinski definition) is 7. The van der Waals surface area contributed by atoms with E-state index in [-0.39, 0.29) is 24.8 Å². The van der Waals surface area contributed by atoms with Gasteiger partial charge in [0.2, 0.25) is 5.78 Å². The van der Waals surface area contributed by atoms with Crippen LogP contribution in [0.4, 0.5) is 8.78 Å². The lowest BCUT2D eigenvalue weighted by atomic mass is 9.44. The molecule has 0 aromatic rings. The van der Waals surface area contributed by atoms with Crippen LogP contribution in [0.25, 0.3) is 0 Å². The Morgan fingerprint density at radius 3 is 2.47 bits per heavy atom. The third-order valence-corrected chi connectivity index (χ3v) is 8.68. The van der Waals surface area contributed by atoms with Gasteiger partial charge in [0.25, 0.3) is 0 Å². The van der Waals surface area contributed by atoms with E-state index < -0.39 is 76.5 Å². The van der Waals surface area contributed by atoms with Gasteiger partial charge in [-0.25, -0.2) is 8.78 Å². The molecule has 0 radical (unpaired) electrons. The van der Waals surface area contributed by atoms with Crippen molar-refractivity contribution < 1.29 is 43.2 Å². The predicted octanol–water partition coefficient (Wildman–Crippen LogP) is 1.14. The Morgan fingerprint density at radius 1 is 1.19 bits per heavy atom. The molecule has 4 aliphatic rings. The SMILES string of the molecule is CC(=O)OCC(=O)[C@@]1(O)[C@H](O)C[C@H]2[C@@H]3C[C@H](F)C4=CC(=O)C=C[C@]4(C)[C@@]3(F)[C@@H](O)C[C@@]21C. The summed E-state index contributed by atoms with van der Waals surface area (Å²) in [5.41, 5.74) is -7.92. The Kier molecular flexibility index (Phi) is 5.08. The molecule has 7 nitrogen and oxygen atoms in total. The van der Waals surface area contributed by atoms with Crippen LogP contribution in [0, 0.1) is 22.7 Å². The molecule has 0 amide bonds. The van der Waals surface area contributed by atoms with Gasteiger partial charge in [0.1, 0.15) is 6.17 Å². The van der Waals surface area contributed by atoms with Crippen LogP contribution >= 0.6 is 0 Å². The highest BCUT2D eigenvalue weighted by Gasteiger charge is 2.77. The Hall–Kier alpha value is -1.97. The minimum absolute atomic E-state index is 0.0360. The molecule has 3 fully saturated rings. The summed E-state index contributed by atoms with van der Waals surface area (Å²) in [6.07, 6.45) is -2.41. The molecule has 176 valence electrons. The van der Waals surface area contributed by atoms with Crippen LogP contribution in [-0.2, 0) is 19.1 Å². The normalized spacial score (nSPS) is 49.6. The molecule has 4 rings (SSSR count). The summed E-state index contributed by atoms with van der Waals surface area (Å²) in [6.45, 7) is 3.22. The second kappa shape index (κ2) is 7.01. The first-order chi connectivity index (χ1) is 14.7. The number of ether oxygens (including phenoxy) is 1. The first-order valence-corrected chi connectivity index (χ1v) is 10.8. The quantitative estimate of drug-likeness (QED) is 0.547. The summed E-state index contributed by atoms with van der Waals surface area (Å²) in [6, 6.07) is 0. The molecule has 4 aliphatic carbocycles. The lowest BCUT2D eigenvalue weighted by Crippen LogP contribution is -2.71. The Bertz CT molecular complexity index is 947. The van der Waals surface area contributed by atoms with Gasteiger partial charge in [-0.15, -0.1) is 0 Å². The fourth-order valence-electron chi connectivity index (χ4n) is 7.00. The topological polar surface area (TPSA) is 121 Å². The van der Waals surface area contributed by atoms with Crippen LogP contribution in [0.2, 0.25) is 0 Å². The maximum atomic E-state index is 16.9. The highest BCUT2D eigenvalue weighted by Crippen LogP contribution is 2.70. The second-order valence-corrected chi connectivity index (χ2v) is 10.1. The van der Waals surface area contributed by atoms with E-state index in [1.54, 1.807) is 0 Å². The lowest BCUT2D eigenvalue weighted by molar-refractivity contribution is -0.226. The van der Waals surface area contributed by atoms with Gasteiger partial charge < -0.3 is 20.1 Å². The summed E-state index contributed by atoms with van der Waals surface area (Å²) in [4.78, 5) is 35.9. The van der Waals surface area contributed by atoms with Crippen molar-refractivity contribution in [3.63, 3.8) is 0 Å². The number of alkyl halides is 2. The number of carbonyl (C=O) groups excluding carboxylic acids is 3. The first-order valence-electron chi connectivity index (χ1n) is 10.8. The average Bonchev–Trinajstić information content (AvgIpc) is 2.91. The second-order valence-electron chi connectivity index (χ2n) is 10.1. The van der Waals surface area contributed by atoms with E-state index in [9.17, 15) is 29.7 Å². The number of aliphatic hydroxyl groups is 3. The molecule has 0 unspecified atom stereocenters.